The second kappa shape index (κ2) is 7.84. The minimum atomic E-state index is -4.87. The molecule has 0 radical (unpaired) electrons. The summed E-state index contributed by atoms with van der Waals surface area (Å²) in [7, 11) is 0. The second-order valence-corrected chi connectivity index (χ2v) is 7.22. The number of halogens is 4. The predicted octanol–water partition coefficient (Wildman–Crippen LogP) is 5.48. The second-order valence-electron chi connectivity index (χ2n) is 6.31. The molecule has 0 aliphatic heterocycles. The Morgan fingerprint density at radius 3 is 2.68 bits per heavy atom. The number of nitrogens with zero attached hydrogens (tertiary/aromatic N) is 2. The molecule has 6 nitrogen and oxygen atoms in total. The third kappa shape index (κ3) is 4.40. The number of nitrogens with two attached hydrogens (primary N) is 1. The van der Waals surface area contributed by atoms with Gasteiger partial charge in [-0.25, -0.2) is 9.37 Å². The molecule has 0 aliphatic rings. The van der Waals surface area contributed by atoms with Crippen LogP contribution in [-0.4, -0.2) is 15.9 Å². The number of hydrogen-bond donors (Lipinski definition) is 2. The monoisotopic (exact) mass is 448 g/mol. The van der Waals surface area contributed by atoms with Crippen molar-refractivity contribution in [2.75, 3.05) is 11.1 Å². The van der Waals surface area contributed by atoms with Gasteiger partial charge >= 0.3 is 6.18 Å². The molecule has 0 fully saturated rings. The number of aromatic nitrogens is 2. The van der Waals surface area contributed by atoms with Gasteiger partial charge in [-0.3, -0.25) is 4.79 Å². The minimum absolute atomic E-state index is 0.0585. The molecular weight excluding hydrogens is 436 g/mol. The highest BCUT2D eigenvalue weighted by molar-refractivity contribution is 7.17. The number of fused-ring (bicyclic) bond motifs is 1. The molecule has 0 saturated heterocycles. The Bertz CT molecular complexity index is 1290. The van der Waals surface area contributed by atoms with Gasteiger partial charge in [0.25, 0.3) is 5.91 Å². The van der Waals surface area contributed by atoms with Crippen molar-refractivity contribution in [3.8, 4) is 11.6 Å². The van der Waals surface area contributed by atoms with Gasteiger partial charge < -0.3 is 15.8 Å². The summed E-state index contributed by atoms with van der Waals surface area (Å²) < 4.78 is 58.4. The number of thiophene rings is 1. The predicted molar refractivity (Wildman–Crippen MR) is 108 cm³/mol. The number of ether oxygens (including phenoxy) is 1. The summed E-state index contributed by atoms with van der Waals surface area (Å²) in [5, 5.41) is 4.52. The molecule has 2 heterocycles. The molecule has 0 saturated carbocycles. The average Bonchev–Trinajstić information content (AvgIpc) is 3.12. The van der Waals surface area contributed by atoms with Crippen molar-refractivity contribution in [2.45, 2.75) is 6.18 Å². The van der Waals surface area contributed by atoms with E-state index in [1.165, 1.54) is 23.6 Å². The molecule has 0 atom stereocenters. The summed E-state index contributed by atoms with van der Waals surface area (Å²) in [5.74, 6) is -1.28. The number of nitrogen functional groups attached to an aromatic ring is 1. The molecule has 4 rings (SSSR count). The van der Waals surface area contributed by atoms with Crippen molar-refractivity contribution in [3.05, 3.63) is 71.0 Å². The maximum absolute atomic E-state index is 13.4. The molecule has 11 heteroatoms. The Labute approximate surface area is 176 Å². The summed E-state index contributed by atoms with van der Waals surface area (Å²) in [6, 6.07) is 8.77. The Hall–Kier alpha value is -3.73. The molecule has 0 aliphatic carbocycles. The van der Waals surface area contributed by atoms with Crippen LogP contribution in [-0.2, 0) is 6.18 Å². The van der Waals surface area contributed by atoms with Gasteiger partial charge in [-0.1, -0.05) is 0 Å². The van der Waals surface area contributed by atoms with Crippen LogP contribution in [0.15, 0.2) is 54.0 Å². The lowest BCUT2D eigenvalue weighted by atomic mass is 10.1. The zero-order chi connectivity index (χ0) is 22.2. The molecule has 31 heavy (non-hydrogen) atoms. The Morgan fingerprint density at radius 2 is 1.94 bits per heavy atom. The van der Waals surface area contributed by atoms with E-state index in [0.717, 1.165) is 6.07 Å². The van der Waals surface area contributed by atoms with Crippen molar-refractivity contribution >= 4 is 39.0 Å². The molecule has 158 valence electrons. The van der Waals surface area contributed by atoms with E-state index in [9.17, 15) is 22.4 Å². The highest BCUT2D eigenvalue weighted by atomic mass is 32.1. The number of carbonyl (C=O) groups excluding carboxylic acids is 1. The van der Waals surface area contributed by atoms with E-state index >= 15 is 0 Å². The highest BCUT2D eigenvalue weighted by Crippen LogP contribution is 2.34. The van der Waals surface area contributed by atoms with Gasteiger partial charge in [0.1, 0.15) is 11.6 Å². The van der Waals surface area contributed by atoms with E-state index in [2.05, 4.69) is 15.3 Å². The molecule has 3 N–H and O–H groups in total. The van der Waals surface area contributed by atoms with Crippen molar-refractivity contribution in [1.82, 2.24) is 9.97 Å². The SMILES string of the molecule is Nc1nccc(Oc2ccc3c(C(=O)Nc4ccc(F)c(C(F)(F)F)c4)csc3c2)n1. The van der Waals surface area contributed by atoms with Gasteiger partial charge in [0.2, 0.25) is 11.8 Å². The number of carbonyl (C=O) groups is 1. The number of amides is 1. The Balaban J connectivity index is 1.57. The lowest BCUT2D eigenvalue weighted by Gasteiger charge is -2.11. The lowest BCUT2D eigenvalue weighted by Crippen LogP contribution is -2.14. The topological polar surface area (TPSA) is 90.1 Å². The zero-order valence-corrected chi connectivity index (χ0v) is 16.2. The summed E-state index contributed by atoms with van der Waals surface area (Å²) in [6.07, 6.45) is -3.42. The van der Waals surface area contributed by atoms with Crippen LogP contribution >= 0.6 is 11.3 Å². The van der Waals surface area contributed by atoms with E-state index in [1.54, 1.807) is 23.6 Å². The van der Waals surface area contributed by atoms with Crippen LogP contribution in [0.3, 0.4) is 0 Å². The van der Waals surface area contributed by atoms with Crippen molar-refractivity contribution in [2.24, 2.45) is 0 Å². The molecule has 0 bridgehead atoms. The van der Waals surface area contributed by atoms with Gasteiger partial charge in [-0.05, 0) is 36.4 Å². The molecule has 2 aromatic heterocycles. The molecule has 0 spiro atoms. The Kier molecular flexibility index (Phi) is 5.19. The van der Waals surface area contributed by atoms with Crippen LogP contribution in [0.1, 0.15) is 15.9 Å². The van der Waals surface area contributed by atoms with Gasteiger partial charge in [0.05, 0.1) is 11.1 Å². The number of anilines is 2. The third-order valence-electron chi connectivity index (χ3n) is 4.19. The standard InChI is InChI=1S/C20H12F4N4O2S/c21-15-4-1-10(7-14(15)20(22,23)24)27-18(29)13-9-31-16-8-11(2-3-12(13)16)30-17-5-6-26-19(25)28-17/h1-9H,(H,27,29)(H2,25,26,28). The molecule has 2 aromatic carbocycles. The first-order valence-corrected chi connectivity index (χ1v) is 9.54. The van der Waals surface area contributed by atoms with E-state index in [0.29, 0.717) is 28.0 Å². The largest absolute Gasteiger partial charge is 0.439 e. The Morgan fingerprint density at radius 1 is 1.13 bits per heavy atom. The van der Waals surface area contributed by atoms with Crippen LogP contribution < -0.4 is 15.8 Å². The smallest absolute Gasteiger partial charge is 0.419 e. The summed E-state index contributed by atoms with van der Waals surface area (Å²) >= 11 is 1.25. The lowest BCUT2D eigenvalue weighted by molar-refractivity contribution is -0.139. The molecule has 1 amide bonds. The fraction of sp³-hybridized carbons (Fsp3) is 0.0500. The highest BCUT2D eigenvalue weighted by Gasteiger charge is 2.34. The maximum Gasteiger partial charge on any atom is 0.419 e. The first kappa shape index (κ1) is 20.5. The first-order valence-electron chi connectivity index (χ1n) is 8.66. The number of benzene rings is 2. The van der Waals surface area contributed by atoms with Gasteiger partial charge in [0.15, 0.2) is 0 Å². The van der Waals surface area contributed by atoms with Crippen LogP contribution in [0.5, 0.6) is 11.6 Å². The number of nitrogens with one attached hydrogen (secondary N) is 1. The first-order chi connectivity index (χ1) is 14.7. The summed E-state index contributed by atoms with van der Waals surface area (Å²) in [6.45, 7) is 0. The minimum Gasteiger partial charge on any atom is -0.439 e. The third-order valence-corrected chi connectivity index (χ3v) is 5.14. The van der Waals surface area contributed by atoms with Crippen LogP contribution in [0, 0.1) is 5.82 Å². The van der Waals surface area contributed by atoms with Gasteiger partial charge in [-0.2, -0.15) is 18.2 Å². The van der Waals surface area contributed by atoms with E-state index in [1.807, 2.05) is 0 Å². The maximum atomic E-state index is 13.4. The van der Waals surface area contributed by atoms with Gasteiger partial charge in [0, 0.05) is 33.4 Å². The summed E-state index contributed by atoms with van der Waals surface area (Å²) in [5.41, 5.74) is 4.16. The van der Waals surface area contributed by atoms with Crippen LogP contribution in [0.4, 0.5) is 29.2 Å². The number of hydrogen-bond acceptors (Lipinski definition) is 6. The quantitative estimate of drug-likeness (QED) is 0.404. The molecule has 0 unspecified atom stereocenters. The van der Waals surface area contributed by atoms with Crippen molar-refractivity contribution in [1.29, 1.82) is 0 Å². The molecular formula is C20H12F4N4O2S. The van der Waals surface area contributed by atoms with Crippen molar-refractivity contribution in [3.63, 3.8) is 0 Å². The zero-order valence-electron chi connectivity index (χ0n) is 15.4. The average molecular weight is 448 g/mol. The summed E-state index contributed by atoms with van der Waals surface area (Å²) in [4.78, 5) is 20.3. The normalized spacial score (nSPS) is 11.5. The van der Waals surface area contributed by atoms with Gasteiger partial charge in [-0.15, -0.1) is 11.3 Å². The van der Waals surface area contributed by atoms with E-state index < -0.39 is 23.5 Å². The number of rotatable bonds is 4. The van der Waals surface area contributed by atoms with E-state index in [-0.39, 0.29) is 23.1 Å². The fourth-order valence-corrected chi connectivity index (χ4v) is 3.77. The number of alkyl halides is 3. The van der Waals surface area contributed by atoms with Crippen LogP contribution in [0.25, 0.3) is 10.1 Å². The fourth-order valence-electron chi connectivity index (χ4n) is 2.80. The van der Waals surface area contributed by atoms with E-state index in [4.69, 9.17) is 10.5 Å². The van der Waals surface area contributed by atoms with Crippen molar-refractivity contribution < 1.29 is 27.1 Å². The molecule has 4 aromatic rings. The van der Waals surface area contributed by atoms with Crippen LogP contribution in [0.2, 0.25) is 0 Å².